The minimum atomic E-state index is 0.805. The van der Waals surface area contributed by atoms with E-state index in [9.17, 15) is 0 Å². The van der Waals surface area contributed by atoms with Gasteiger partial charge in [-0.3, -0.25) is 0 Å². The quantitative estimate of drug-likeness (QED) is 0.121. The van der Waals surface area contributed by atoms with Gasteiger partial charge in [0.1, 0.15) is 11.3 Å². The third-order valence-corrected chi connectivity index (χ3v) is 14.4. The Morgan fingerprint density at radius 3 is 0.846 bits per heavy atom. The smallest absolute Gasteiger partial charge is 0.137 e. The Kier molecular flexibility index (Phi) is 11.7. The van der Waals surface area contributed by atoms with Crippen LogP contribution in [0.5, 0.6) is 0 Å². The molecule has 5 heterocycles. The number of rotatable bonds is 12. The third-order valence-electron chi connectivity index (χ3n) is 14.4. The lowest BCUT2D eigenvalue weighted by Crippen LogP contribution is -2.10. The summed E-state index contributed by atoms with van der Waals surface area (Å²) >= 11 is 0. The first-order chi connectivity index (χ1) is 38.6. The average molecular weight is 1000 g/mol. The molecule has 0 aliphatic heterocycles. The van der Waals surface area contributed by atoms with Crippen molar-refractivity contribution in [2.75, 3.05) is 9.80 Å². The number of para-hydroxylation sites is 2. The van der Waals surface area contributed by atoms with Crippen LogP contribution in [0, 0.1) is 0 Å². The van der Waals surface area contributed by atoms with Crippen molar-refractivity contribution in [1.82, 2.24) is 28.7 Å². The van der Waals surface area contributed by atoms with Crippen LogP contribution in [-0.4, -0.2) is 28.7 Å². The maximum absolute atomic E-state index is 5.34. The van der Waals surface area contributed by atoms with Crippen LogP contribution in [0.25, 0.3) is 89.6 Å². The molecule has 0 bridgehead atoms. The number of aromatic nitrogens is 6. The van der Waals surface area contributed by atoms with Crippen molar-refractivity contribution >= 4 is 56.5 Å². The molecule has 368 valence electrons. The van der Waals surface area contributed by atoms with E-state index < -0.39 is 0 Å². The summed E-state index contributed by atoms with van der Waals surface area (Å²) in [7, 11) is 0. The first-order valence-electron chi connectivity index (χ1n) is 26.1. The summed E-state index contributed by atoms with van der Waals surface area (Å²) in [4.78, 5) is 25.1. The van der Waals surface area contributed by atoms with Crippen molar-refractivity contribution in [3.05, 3.63) is 292 Å². The molecule has 8 heteroatoms. The van der Waals surface area contributed by atoms with Gasteiger partial charge < -0.3 is 18.6 Å². The van der Waals surface area contributed by atoms with Gasteiger partial charge in [0, 0.05) is 81.2 Å². The Hall–Kier alpha value is -10.7. The summed E-state index contributed by atoms with van der Waals surface area (Å²) in [6, 6.07) is 93.5. The van der Waals surface area contributed by atoms with E-state index in [0.29, 0.717) is 0 Å². The predicted octanol–water partition coefficient (Wildman–Crippen LogP) is 17.9. The van der Waals surface area contributed by atoms with E-state index in [2.05, 4.69) is 237 Å². The van der Waals surface area contributed by atoms with Gasteiger partial charge in [0.05, 0.1) is 33.8 Å². The van der Waals surface area contributed by atoms with E-state index >= 15 is 0 Å². The zero-order chi connectivity index (χ0) is 51.8. The average Bonchev–Trinajstić information content (AvgIpc) is 4.24. The summed E-state index contributed by atoms with van der Waals surface area (Å²) in [5.74, 6) is 0. The summed E-state index contributed by atoms with van der Waals surface area (Å²) < 4.78 is 4.11. The standard InChI is InChI=1S/C70H48N8/c1-3-13-49(14-4-1)51-21-33-57(34-22-51)77(59-37-25-53(26-38-59)65-47-75-45-11-9-19-67(75)71-65)61-41-29-55(30-42-61)69-70(74-64-18-8-7-17-63(64)73-69)56-31-43-62(44-32-56)78(58-35-23-52(24-36-58)50-15-5-2-6-16-50)60-39-27-54(28-40-60)66-48-76-46-12-10-20-68(76)72-66/h1-48H. The van der Waals surface area contributed by atoms with E-state index in [4.69, 9.17) is 19.9 Å². The summed E-state index contributed by atoms with van der Waals surface area (Å²) in [5, 5.41) is 0. The lowest BCUT2D eigenvalue weighted by atomic mass is 10.0. The number of anilines is 6. The van der Waals surface area contributed by atoms with E-state index in [1.807, 2.05) is 73.1 Å². The molecule has 0 fully saturated rings. The molecule has 0 saturated heterocycles. The fourth-order valence-corrected chi connectivity index (χ4v) is 10.4. The maximum atomic E-state index is 5.34. The van der Waals surface area contributed by atoms with E-state index in [1.54, 1.807) is 0 Å². The van der Waals surface area contributed by atoms with Gasteiger partial charge in [-0.1, -0.05) is 158 Å². The number of imidazole rings is 2. The van der Waals surface area contributed by atoms with Crippen LogP contribution in [-0.2, 0) is 0 Å². The lowest BCUT2D eigenvalue weighted by Gasteiger charge is -2.26. The normalized spacial score (nSPS) is 11.3. The van der Waals surface area contributed by atoms with Gasteiger partial charge in [-0.05, 0) is 131 Å². The van der Waals surface area contributed by atoms with Crippen LogP contribution in [0.3, 0.4) is 0 Å². The molecule has 0 amide bonds. The highest BCUT2D eigenvalue weighted by Gasteiger charge is 2.20. The fraction of sp³-hybridized carbons (Fsp3) is 0. The zero-order valence-corrected chi connectivity index (χ0v) is 42.3. The molecule has 8 nitrogen and oxygen atoms in total. The van der Waals surface area contributed by atoms with Crippen LogP contribution >= 0.6 is 0 Å². The number of benzene rings is 9. The van der Waals surface area contributed by atoms with Crippen molar-refractivity contribution in [1.29, 1.82) is 0 Å². The molecule has 78 heavy (non-hydrogen) atoms. The minimum Gasteiger partial charge on any atom is -0.311 e. The highest BCUT2D eigenvalue weighted by Crippen LogP contribution is 2.41. The van der Waals surface area contributed by atoms with Gasteiger partial charge in [0.2, 0.25) is 0 Å². The molecule has 0 aliphatic carbocycles. The molecule has 0 atom stereocenters. The SMILES string of the molecule is c1ccc(-c2ccc(N(c3ccc(-c4cn5ccccc5n4)cc3)c3ccc(-c4nc5ccccc5nc4-c4ccc(N(c5ccc(-c6ccccc6)cc5)c5ccc(-c6cn7ccccc7n6)cc5)cc4)cc3)cc2)cc1. The highest BCUT2D eigenvalue weighted by atomic mass is 15.1. The molecule has 0 radical (unpaired) electrons. The van der Waals surface area contributed by atoms with Gasteiger partial charge in [0.25, 0.3) is 0 Å². The number of pyridine rings is 2. The largest absolute Gasteiger partial charge is 0.311 e. The zero-order valence-electron chi connectivity index (χ0n) is 42.3. The molecule has 5 aromatic heterocycles. The van der Waals surface area contributed by atoms with E-state index in [1.165, 1.54) is 11.1 Å². The van der Waals surface area contributed by atoms with Crippen LogP contribution in [0.1, 0.15) is 0 Å². The number of fused-ring (bicyclic) bond motifs is 3. The number of hydrogen-bond acceptors (Lipinski definition) is 6. The monoisotopic (exact) mass is 1000 g/mol. The van der Waals surface area contributed by atoms with Gasteiger partial charge in [0.15, 0.2) is 0 Å². The van der Waals surface area contributed by atoms with Crippen molar-refractivity contribution in [2.24, 2.45) is 0 Å². The molecular formula is C70H48N8. The van der Waals surface area contributed by atoms with Crippen LogP contribution < -0.4 is 9.80 Å². The molecule has 0 spiro atoms. The molecule has 9 aromatic carbocycles. The molecule has 14 aromatic rings. The Morgan fingerprint density at radius 1 is 0.231 bits per heavy atom. The van der Waals surface area contributed by atoms with Crippen molar-refractivity contribution in [3.63, 3.8) is 0 Å². The van der Waals surface area contributed by atoms with Gasteiger partial charge >= 0.3 is 0 Å². The lowest BCUT2D eigenvalue weighted by molar-refractivity contribution is 1.19. The Morgan fingerprint density at radius 2 is 0.513 bits per heavy atom. The van der Waals surface area contributed by atoms with Crippen LogP contribution in [0.4, 0.5) is 34.1 Å². The topological polar surface area (TPSA) is 66.9 Å². The van der Waals surface area contributed by atoms with Crippen molar-refractivity contribution in [3.8, 4) is 67.3 Å². The second-order valence-electron chi connectivity index (χ2n) is 19.3. The van der Waals surface area contributed by atoms with Crippen LogP contribution in [0.15, 0.2) is 292 Å². The number of hydrogen-bond donors (Lipinski definition) is 0. The van der Waals surface area contributed by atoms with Crippen molar-refractivity contribution in [2.45, 2.75) is 0 Å². The van der Waals surface area contributed by atoms with Gasteiger partial charge in [-0.15, -0.1) is 0 Å². The Labute approximate surface area is 451 Å². The molecule has 0 N–H and O–H groups in total. The van der Waals surface area contributed by atoms with Crippen molar-refractivity contribution < 1.29 is 0 Å². The summed E-state index contributed by atoms with van der Waals surface area (Å²) in [6.45, 7) is 0. The Balaban J connectivity index is 0.819. The number of nitrogens with zero attached hydrogens (tertiary/aromatic N) is 8. The fourth-order valence-electron chi connectivity index (χ4n) is 10.4. The highest BCUT2D eigenvalue weighted by molar-refractivity contribution is 5.89. The molecule has 0 aliphatic rings. The first-order valence-corrected chi connectivity index (χ1v) is 26.1. The molecule has 0 unspecified atom stereocenters. The molecule has 0 saturated carbocycles. The van der Waals surface area contributed by atoms with Crippen LogP contribution in [0.2, 0.25) is 0 Å². The third kappa shape index (κ3) is 8.89. The molecular weight excluding hydrogens is 953 g/mol. The second-order valence-corrected chi connectivity index (χ2v) is 19.3. The van der Waals surface area contributed by atoms with Gasteiger partial charge in [-0.2, -0.15) is 0 Å². The summed E-state index contributed by atoms with van der Waals surface area (Å²) in [5.41, 5.74) is 21.8. The summed E-state index contributed by atoms with van der Waals surface area (Å²) in [6.07, 6.45) is 8.21. The second kappa shape index (κ2) is 19.9. The maximum Gasteiger partial charge on any atom is 0.137 e. The van der Waals surface area contributed by atoms with E-state index in [-0.39, 0.29) is 0 Å². The van der Waals surface area contributed by atoms with Gasteiger partial charge in [-0.25, -0.2) is 19.9 Å². The minimum absolute atomic E-state index is 0.805. The predicted molar refractivity (Wildman–Crippen MR) is 319 cm³/mol. The Bertz CT molecular complexity index is 4030. The first kappa shape index (κ1) is 45.9. The van der Waals surface area contributed by atoms with E-state index in [0.717, 1.165) is 113 Å². The molecule has 14 rings (SSSR count).